The number of nitrogens with zero attached hydrogens (tertiary/aromatic N) is 2. The molecule has 1 unspecified atom stereocenters. The minimum atomic E-state index is -3.91. The fourth-order valence-electron chi connectivity index (χ4n) is 3.75. The number of anilines is 1. The largest absolute Gasteiger partial charge is 0.357 e. The zero-order chi connectivity index (χ0) is 26.3. The molecule has 0 saturated carbocycles. The van der Waals surface area contributed by atoms with E-state index in [1.54, 1.807) is 24.3 Å². The second kappa shape index (κ2) is 12.0. The van der Waals surface area contributed by atoms with Gasteiger partial charge in [0.05, 0.1) is 11.9 Å². The van der Waals surface area contributed by atoms with Crippen LogP contribution >= 0.6 is 11.6 Å². The zero-order valence-corrected chi connectivity index (χ0v) is 21.5. The first-order valence-corrected chi connectivity index (χ1v) is 13.3. The van der Waals surface area contributed by atoms with Crippen molar-refractivity contribution in [2.24, 2.45) is 0 Å². The molecule has 1 N–H and O–H groups in total. The Labute approximate surface area is 215 Å². The van der Waals surface area contributed by atoms with Gasteiger partial charge in [-0.15, -0.1) is 0 Å². The molecular formula is C26H27ClFN3O4S. The Balaban J connectivity index is 2.03. The standard InChI is InChI=1S/C26H27ClFN3O4S/c1-29-26(33)24(16-19-8-4-3-5-9-19)30(17-20-10-6-7-11-23(20)27)25(32)18-31(36(2,34)35)22-14-12-21(28)13-15-22/h3-15,24H,16-18H2,1-2H3,(H,29,33). The quantitative estimate of drug-likeness (QED) is 0.433. The van der Waals surface area contributed by atoms with E-state index in [0.29, 0.717) is 10.6 Å². The van der Waals surface area contributed by atoms with Gasteiger partial charge in [0.25, 0.3) is 0 Å². The summed E-state index contributed by atoms with van der Waals surface area (Å²) in [6, 6.07) is 19.9. The van der Waals surface area contributed by atoms with Gasteiger partial charge in [0.2, 0.25) is 21.8 Å². The number of halogens is 2. The SMILES string of the molecule is CNC(=O)C(Cc1ccccc1)N(Cc1ccccc1Cl)C(=O)CN(c1ccc(F)cc1)S(C)(=O)=O. The van der Waals surface area contributed by atoms with Crippen LogP contribution in [0.1, 0.15) is 11.1 Å². The van der Waals surface area contributed by atoms with Crippen molar-refractivity contribution in [3.63, 3.8) is 0 Å². The minimum Gasteiger partial charge on any atom is -0.357 e. The Bertz CT molecular complexity index is 1300. The fraction of sp³-hybridized carbons (Fsp3) is 0.231. The number of likely N-dealkylation sites (N-methyl/N-ethyl adjacent to an activating group) is 1. The van der Waals surface area contributed by atoms with E-state index in [4.69, 9.17) is 11.6 Å². The molecule has 3 aromatic rings. The Kier molecular flexibility index (Phi) is 9.06. The van der Waals surface area contributed by atoms with Crippen LogP contribution in [0.3, 0.4) is 0 Å². The summed E-state index contributed by atoms with van der Waals surface area (Å²) in [4.78, 5) is 28.1. The summed E-state index contributed by atoms with van der Waals surface area (Å²) in [5.74, 6) is -1.57. The number of hydrogen-bond acceptors (Lipinski definition) is 4. The van der Waals surface area contributed by atoms with Crippen LogP contribution in [-0.4, -0.2) is 51.0 Å². The molecule has 0 saturated heterocycles. The molecule has 10 heteroatoms. The van der Waals surface area contributed by atoms with Crippen molar-refractivity contribution < 1.29 is 22.4 Å². The number of rotatable bonds is 10. The molecule has 0 aliphatic rings. The summed E-state index contributed by atoms with van der Waals surface area (Å²) in [5, 5.41) is 3.01. The van der Waals surface area contributed by atoms with Gasteiger partial charge in [0, 0.05) is 25.0 Å². The van der Waals surface area contributed by atoms with Crippen LogP contribution < -0.4 is 9.62 Å². The van der Waals surface area contributed by atoms with Crippen LogP contribution in [0.25, 0.3) is 0 Å². The van der Waals surface area contributed by atoms with Crippen LogP contribution in [0.15, 0.2) is 78.9 Å². The van der Waals surface area contributed by atoms with Crippen molar-refractivity contribution in [2.45, 2.75) is 19.0 Å². The van der Waals surface area contributed by atoms with E-state index >= 15 is 0 Å². The van der Waals surface area contributed by atoms with Crippen molar-refractivity contribution in [3.05, 3.63) is 101 Å². The summed E-state index contributed by atoms with van der Waals surface area (Å²) >= 11 is 6.36. The highest BCUT2D eigenvalue weighted by Gasteiger charge is 2.32. The van der Waals surface area contributed by atoms with Gasteiger partial charge < -0.3 is 10.2 Å². The van der Waals surface area contributed by atoms with Crippen molar-refractivity contribution >= 4 is 39.1 Å². The lowest BCUT2D eigenvalue weighted by molar-refractivity contribution is -0.139. The first-order chi connectivity index (χ1) is 17.1. The molecule has 0 aliphatic heterocycles. The highest BCUT2D eigenvalue weighted by Crippen LogP contribution is 2.23. The Hall–Kier alpha value is -3.43. The average Bonchev–Trinajstić information content (AvgIpc) is 2.85. The van der Waals surface area contributed by atoms with Gasteiger partial charge >= 0.3 is 0 Å². The molecule has 1 atom stereocenters. The lowest BCUT2D eigenvalue weighted by atomic mass is 10.0. The third-order valence-electron chi connectivity index (χ3n) is 5.61. The smallest absolute Gasteiger partial charge is 0.244 e. The van der Waals surface area contributed by atoms with Gasteiger partial charge in [-0.25, -0.2) is 12.8 Å². The maximum Gasteiger partial charge on any atom is 0.244 e. The fourth-order valence-corrected chi connectivity index (χ4v) is 4.80. The number of sulfonamides is 1. The summed E-state index contributed by atoms with van der Waals surface area (Å²) in [6.07, 6.45) is 1.16. The van der Waals surface area contributed by atoms with Crippen molar-refractivity contribution in [1.82, 2.24) is 10.2 Å². The Morgan fingerprint density at radius 3 is 2.17 bits per heavy atom. The molecular weight excluding hydrogens is 505 g/mol. The topological polar surface area (TPSA) is 86.8 Å². The summed E-state index contributed by atoms with van der Waals surface area (Å²) in [7, 11) is -2.44. The molecule has 0 bridgehead atoms. The van der Waals surface area contributed by atoms with E-state index in [0.717, 1.165) is 28.3 Å². The molecule has 0 radical (unpaired) electrons. The van der Waals surface area contributed by atoms with E-state index in [2.05, 4.69) is 5.32 Å². The monoisotopic (exact) mass is 531 g/mol. The number of amides is 2. The summed E-state index contributed by atoms with van der Waals surface area (Å²) in [5.41, 5.74) is 1.55. The van der Waals surface area contributed by atoms with Crippen LogP contribution in [0.2, 0.25) is 5.02 Å². The second-order valence-electron chi connectivity index (χ2n) is 8.18. The maximum absolute atomic E-state index is 13.7. The molecule has 190 valence electrons. The molecule has 0 fully saturated rings. The van der Waals surface area contributed by atoms with Gasteiger partial charge in [-0.3, -0.25) is 13.9 Å². The normalized spacial score (nSPS) is 12.0. The van der Waals surface area contributed by atoms with Gasteiger partial charge in [0.15, 0.2) is 0 Å². The Morgan fingerprint density at radius 1 is 0.972 bits per heavy atom. The van der Waals surface area contributed by atoms with E-state index < -0.39 is 40.2 Å². The average molecular weight is 532 g/mol. The van der Waals surface area contributed by atoms with Gasteiger partial charge in [-0.05, 0) is 41.5 Å². The van der Waals surface area contributed by atoms with Crippen LogP contribution in [0.5, 0.6) is 0 Å². The third kappa shape index (κ3) is 7.05. The Morgan fingerprint density at radius 2 is 1.58 bits per heavy atom. The van der Waals surface area contributed by atoms with E-state index in [1.165, 1.54) is 24.1 Å². The molecule has 2 amide bonds. The number of carbonyl (C=O) groups is 2. The second-order valence-corrected chi connectivity index (χ2v) is 10.5. The molecule has 3 rings (SSSR count). The predicted octanol–water partition coefficient (Wildman–Crippen LogP) is 3.63. The number of benzene rings is 3. The van der Waals surface area contributed by atoms with E-state index in [1.807, 2.05) is 30.3 Å². The minimum absolute atomic E-state index is 0.0234. The zero-order valence-electron chi connectivity index (χ0n) is 19.9. The first kappa shape index (κ1) is 27.2. The lowest BCUT2D eigenvalue weighted by Gasteiger charge is -2.33. The predicted molar refractivity (Wildman–Crippen MR) is 139 cm³/mol. The highest BCUT2D eigenvalue weighted by molar-refractivity contribution is 7.92. The summed E-state index contributed by atoms with van der Waals surface area (Å²) < 4.78 is 39.5. The van der Waals surface area contributed by atoms with Gasteiger partial charge in [-0.1, -0.05) is 60.1 Å². The number of hydrogen-bond donors (Lipinski definition) is 1. The van der Waals surface area contributed by atoms with Crippen LogP contribution in [0, 0.1) is 5.82 Å². The van der Waals surface area contributed by atoms with Crippen molar-refractivity contribution in [3.8, 4) is 0 Å². The molecule has 36 heavy (non-hydrogen) atoms. The highest BCUT2D eigenvalue weighted by atomic mass is 35.5. The lowest BCUT2D eigenvalue weighted by Crippen LogP contribution is -2.52. The van der Waals surface area contributed by atoms with Gasteiger partial charge in [0.1, 0.15) is 18.4 Å². The van der Waals surface area contributed by atoms with Crippen molar-refractivity contribution in [2.75, 3.05) is 24.2 Å². The molecule has 0 aliphatic carbocycles. The molecule has 7 nitrogen and oxygen atoms in total. The summed E-state index contributed by atoms with van der Waals surface area (Å²) in [6.45, 7) is -0.609. The van der Waals surface area contributed by atoms with Gasteiger partial charge in [-0.2, -0.15) is 0 Å². The third-order valence-corrected chi connectivity index (χ3v) is 7.12. The van der Waals surface area contributed by atoms with E-state index in [-0.39, 0.29) is 18.7 Å². The van der Waals surface area contributed by atoms with Crippen molar-refractivity contribution in [1.29, 1.82) is 0 Å². The number of nitrogens with one attached hydrogen (secondary N) is 1. The maximum atomic E-state index is 13.7. The molecule has 0 heterocycles. The molecule has 0 spiro atoms. The van der Waals surface area contributed by atoms with E-state index in [9.17, 15) is 22.4 Å². The first-order valence-electron chi connectivity index (χ1n) is 11.1. The molecule has 0 aromatic heterocycles. The number of carbonyl (C=O) groups excluding carboxylic acids is 2. The van der Waals surface area contributed by atoms with Crippen LogP contribution in [-0.2, 0) is 32.6 Å². The molecule has 3 aromatic carbocycles. The van der Waals surface area contributed by atoms with Crippen LogP contribution in [0.4, 0.5) is 10.1 Å².